The van der Waals surface area contributed by atoms with Gasteiger partial charge in [0.15, 0.2) is 6.61 Å². The van der Waals surface area contributed by atoms with Crippen LogP contribution in [0.5, 0.6) is 0 Å². The Balaban J connectivity index is 2.09. The molecule has 1 amide bonds. The van der Waals surface area contributed by atoms with E-state index in [0.717, 1.165) is 11.3 Å². The molecule has 0 radical (unpaired) electrons. The highest BCUT2D eigenvalue weighted by molar-refractivity contribution is 7.92. The number of hydrogen-bond acceptors (Lipinski definition) is 7. The summed E-state index contributed by atoms with van der Waals surface area (Å²) in [6, 6.07) is 7.20. The lowest BCUT2D eigenvalue weighted by Crippen LogP contribution is -2.18. The van der Waals surface area contributed by atoms with E-state index in [9.17, 15) is 13.2 Å². The van der Waals surface area contributed by atoms with Gasteiger partial charge < -0.3 is 14.7 Å². The van der Waals surface area contributed by atoms with Gasteiger partial charge >= 0.3 is 6.09 Å². The zero-order chi connectivity index (χ0) is 17.2. The summed E-state index contributed by atoms with van der Waals surface area (Å²) in [7, 11) is -3.98. The Morgan fingerprint density at radius 2 is 2.00 bits per heavy atom. The van der Waals surface area contributed by atoms with E-state index in [1.54, 1.807) is 11.4 Å². The van der Waals surface area contributed by atoms with Crippen LogP contribution in [0.15, 0.2) is 50.7 Å². The van der Waals surface area contributed by atoms with Crippen molar-refractivity contribution in [2.45, 2.75) is 9.79 Å². The molecule has 0 atom stereocenters. The second-order valence-corrected chi connectivity index (χ2v) is 7.42. The highest BCUT2D eigenvalue weighted by Gasteiger charge is 2.29. The van der Waals surface area contributed by atoms with Gasteiger partial charge in [-0.15, -0.1) is 11.3 Å². The predicted octanol–water partition coefficient (Wildman–Crippen LogP) is 2.38. The zero-order valence-electron chi connectivity index (χ0n) is 12.1. The van der Waals surface area contributed by atoms with Crippen molar-refractivity contribution < 1.29 is 27.9 Å². The van der Waals surface area contributed by atoms with Crippen molar-refractivity contribution in [1.82, 2.24) is 0 Å². The van der Waals surface area contributed by atoms with Gasteiger partial charge in [0, 0.05) is 0 Å². The van der Waals surface area contributed by atoms with E-state index >= 15 is 0 Å². The number of para-hydroxylation sites is 1. The Kier molecular flexibility index (Phi) is 4.40. The fourth-order valence-corrected chi connectivity index (χ4v) is 4.88. The molecular weight excluding hydrogens is 356 g/mol. The zero-order valence-corrected chi connectivity index (χ0v) is 13.8. The van der Waals surface area contributed by atoms with Gasteiger partial charge in [-0.3, -0.25) is 5.32 Å². The lowest BCUT2D eigenvalue weighted by atomic mass is 10.3. The summed E-state index contributed by atoms with van der Waals surface area (Å²) in [4.78, 5) is 16.0. The first-order chi connectivity index (χ1) is 11.5. The van der Waals surface area contributed by atoms with Crippen LogP contribution in [-0.4, -0.2) is 38.7 Å². The first kappa shape index (κ1) is 16.3. The molecule has 2 N–H and O–H groups in total. The van der Waals surface area contributed by atoms with Gasteiger partial charge in [0.25, 0.3) is 5.90 Å². The number of carboxylic acid groups (broad SMARTS) is 1. The van der Waals surface area contributed by atoms with Crippen LogP contribution in [-0.2, 0) is 19.4 Å². The molecule has 1 aromatic heterocycles. The van der Waals surface area contributed by atoms with Crippen LogP contribution in [0.4, 0.5) is 10.5 Å². The van der Waals surface area contributed by atoms with Gasteiger partial charge in [-0.25, -0.2) is 13.2 Å². The number of carbonyl (C=O) groups is 1. The van der Waals surface area contributed by atoms with Crippen molar-refractivity contribution in [3.05, 3.63) is 40.6 Å². The Morgan fingerprint density at radius 1 is 1.21 bits per heavy atom. The van der Waals surface area contributed by atoms with Crippen molar-refractivity contribution in [3.8, 4) is 0 Å². The number of rotatable bonds is 4. The summed E-state index contributed by atoms with van der Waals surface area (Å²) in [5, 5.41) is 16.3. The maximum atomic E-state index is 13.0. The average molecular weight is 368 g/mol. The second kappa shape index (κ2) is 6.49. The summed E-state index contributed by atoms with van der Waals surface area (Å²) in [6.45, 7) is 0.565. The number of benzene rings is 1. The Labute approximate surface area is 141 Å². The second-order valence-electron chi connectivity index (χ2n) is 4.62. The third-order valence-corrected chi connectivity index (χ3v) is 5.98. The minimum Gasteiger partial charge on any atom is -0.471 e. The van der Waals surface area contributed by atoms with Crippen LogP contribution in [0.3, 0.4) is 0 Å². The number of amides is 1. The lowest BCUT2D eigenvalue weighted by Gasteiger charge is -2.14. The molecule has 1 aromatic carbocycles. The molecule has 1 aliphatic rings. The highest BCUT2D eigenvalue weighted by Crippen LogP contribution is 2.33. The van der Waals surface area contributed by atoms with Crippen LogP contribution < -0.4 is 5.32 Å². The molecule has 2 aromatic rings. The molecule has 0 aliphatic carbocycles. The first-order valence-corrected chi connectivity index (χ1v) is 9.11. The SMILES string of the molecule is O=C(O)Nc1ccccc1S(=O)(=O)c1ccsc1C1=NOCCO1. The number of sulfone groups is 1. The number of ether oxygens (including phenoxy) is 1. The van der Waals surface area contributed by atoms with Crippen LogP contribution >= 0.6 is 11.3 Å². The molecule has 126 valence electrons. The van der Waals surface area contributed by atoms with Crippen LogP contribution in [0, 0.1) is 0 Å². The summed E-state index contributed by atoms with van der Waals surface area (Å²) < 4.78 is 31.3. The molecule has 8 nitrogen and oxygen atoms in total. The molecule has 0 unspecified atom stereocenters. The van der Waals surface area contributed by atoms with Crippen LogP contribution in [0.2, 0.25) is 0 Å². The fourth-order valence-electron chi connectivity index (χ4n) is 2.12. The van der Waals surface area contributed by atoms with E-state index in [2.05, 4.69) is 10.5 Å². The molecular formula is C14H12N2O6S2. The van der Waals surface area contributed by atoms with Gasteiger partial charge in [0.1, 0.15) is 11.5 Å². The van der Waals surface area contributed by atoms with Gasteiger partial charge in [-0.05, 0) is 28.7 Å². The minimum atomic E-state index is -3.98. The lowest BCUT2D eigenvalue weighted by molar-refractivity contribution is 0.0656. The van der Waals surface area contributed by atoms with Gasteiger partial charge in [0.05, 0.1) is 15.5 Å². The minimum absolute atomic E-state index is 0.0172. The maximum Gasteiger partial charge on any atom is 0.409 e. The van der Waals surface area contributed by atoms with E-state index in [0.29, 0.717) is 11.5 Å². The van der Waals surface area contributed by atoms with Crippen molar-refractivity contribution in [2.75, 3.05) is 18.5 Å². The third-order valence-electron chi connectivity index (χ3n) is 3.09. The van der Waals surface area contributed by atoms with E-state index in [4.69, 9.17) is 14.7 Å². The van der Waals surface area contributed by atoms with Crippen molar-refractivity contribution in [1.29, 1.82) is 0 Å². The number of anilines is 1. The third kappa shape index (κ3) is 3.05. The van der Waals surface area contributed by atoms with Crippen LogP contribution in [0.1, 0.15) is 4.88 Å². The quantitative estimate of drug-likeness (QED) is 0.856. The molecule has 3 rings (SSSR count). The smallest absolute Gasteiger partial charge is 0.409 e. The van der Waals surface area contributed by atoms with Crippen LogP contribution in [0.25, 0.3) is 0 Å². The number of hydrogen-bond donors (Lipinski definition) is 2. The van der Waals surface area contributed by atoms with Gasteiger partial charge in [-0.2, -0.15) is 0 Å². The summed E-state index contributed by atoms with van der Waals surface area (Å²) in [5.74, 6) is 0.0958. The van der Waals surface area contributed by atoms with Gasteiger partial charge in [0.2, 0.25) is 9.84 Å². The van der Waals surface area contributed by atoms with E-state index in [-0.39, 0.29) is 28.0 Å². The van der Waals surface area contributed by atoms with E-state index in [1.807, 2.05) is 0 Å². The first-order valence-electron chi connectivity index (χ1n) is 6.75. The molecule has 24 heavy (non-hydrogen) atoms. The maximum absolute atomic E-state index is 13.0. The highest BCUT2D eigenvalue weighted by atomic mass is 32.2. The normalized spacial score (nSPS) is 14.2. The Bertz CT molecular complexity index is 903. The van der Waals surface area contributed by atoms with Crippen molar-refractivity contribution in [3.63, 3.8) is 0 Å². The monoisotopic (exact) mass is 368 g/mol. The van der Waals surface area contributed by atoms with E-state index < -0.39 is 15.9 Å². The summed E-state index contributed by atoms with van der Waals surface area (Å²) in [6.07, 6.45) is -1.35. The summed E-state index contributed by atoms with van der Waals surface area (Å²) in [5.41, 5.74) is -0.0232. The van der Waals surface area contributed by atoms with Crippen molar-refractivity contribution >= 4 is 38.9 Å². The standard InChI is InChI=1S/C14H12N2O6S2/c17-14(18)15-9-3-1-2-4-10(9)24(19,20)11-5-8-23-12(11)13-16-22-7-6-21-13/h1-5,8,15H,6-7H2,(H,17,18). The fraction of sp³-hybridized carbons (Fsp3) is 0.143. The van der Waals surface area contributed by atoms with E-state index in [1.165, 1.54) is 24.3 Å². The molecule has 10 heteroatoms. The molecule has 0 saturated heterocycles. The van der Waals surface area contributed by atoms with Crippen molar-refractivity contribution in [2.24, 2.45) is 5.16 Å². The number of oxime groups is 1. The molecule has 2 heterocycles. The van der Waals surface area contributed by atoms with Gasteiger partial charge in [-0.1, -0.05) is 12.1 Å². The Hall–Kier alpha value is -2.59. The topological polar surface area (TPSA) is 114 Å². The molecule has 0 fully saturated rings. The average Bonchev–Trinajstić information content (AvgIpc) is 3.06. The number of nitrogens with one attached hydrogen (secondary N) is 1. The molecule has 0 saturated carbocycles. The molecule has 1 aliphatic heterocycles. The molecule has 0 spiro atoms. The predicted molar refractivity (Wildman–Crippen MR) is 86.3 cm³/mol. The number of thiophene rings is 1. The largest absolute Gasteiger partial charge is 0.471 e. The molecule has 0 bridgehead atoms. The number of nitrogens with zero attached hydrogens (tertiary/aromatic N) is 1. The Morgan fingerprint density at radius 3 is 2.71 bits per heavy atom. The summed E-state index contributed by atoms with van der Waals surface area (Å²) >= 11 is 1.15.